The summed E-state index contributed by atoms with van der Waals surface area (Å²) in [6.45, 7) is 7.59. The summed E-state index contributed by atoms with van der Waals surface area (Å²) in [5, 5.41) is 3.12. The Morgan fingerprint density at radius 3 is 2.47 bits per heavy atom. The second kappa shape index (κ2) is 9.62. The molecule has 8 heteroatoms. The molecule has 1 amide bonds. The van der Waals surface area contributed by atoms with Crippen molar-refractivity contribution in [1.82, 2.24) is 9.29 Å². The number of thiazole rings is 1. The molecule has 30 heavy (non-hydrogen) atoms. The van der Waals surface area contributed by atoms with Crippen LogP contribution < -0.4 is 5.32 Å². The topological polar surface area (TPSA) is 79.4 Å². The number of amides is 1. The van der Waals surface area contributed by atoms with E-state index >= 15 is 0 Å². The van der Waals surface area contributed by atoms with Crippen molar-refractivity contribution in [1.29, 1.82) is 0 Å². The molecule has 2 aromatic carbocycles. The van der Waals surface area contributed by atoms with Crippen LogP contribution in [0.5, 0.6) is 0 Å². The molecule has 1 aromatic heterocycles. The van der Waals surface area contributed by atoms with Crippen LogP contribution in [0.2, 0.25) is 0 Å². The van der Waals surface area contributed by atoms with Crippen LogP contribution in [-0.4, -0.2) is 36.7 Å². The van der Waals surface area contributed by atoms with Gasteiger partial charge in [-0.25, -0.2) is 13.4 Å². The van der Waals surface area contributed by atoms with Crippen molar-refractivity contribution in [2.75, 3.05) is 18.4 Å². The first kappa shape index (κ1) is 21.6. The molecule has 0 aliphatic rings. The highest BCUT2D eigenvalue weighted by atomic mass is 32.2. The van der Waals surface area contributed by atoms with Crippen LogP contribution in [0.1, 0.15) is 5.56 Å². The highest BCUT2D eigenvalue weighted by Gasteiger charge is 2.23. The summed E-state index contributed by atoms with van der Waals surface area (Å²) in [4.78, 5) is 16.7. The van der Waals surface area contributed by atoms with Gasteiger partial charge in [0.15, 0.2) is 5.13 Å². The average Bonchev–Trinajstić information content (AvgIpc) is 3.14. The molecule has 0 radical (unpaired) electrons. The van der Waals surface area contributed by atoms with Gasteiger partial charge in [-0.05, 0) is 29.8 Å². The molecular weight excluding hydrogens is 418 g/mol. The van der Waals surface area contributed by atoms with E-state index in [4.69, 9.17) is 0 Å². The molecule has 0 spiro atoms. The number of carbonyl (C=O) groups excluding carboxylic acids is 1. The number of hydrogen-bond donors (Lipinski definition) is 1. The molecule has 0 aliphatic carbocycles. The lowest BCUT2D eigenvalue weighted by Crippen LogP contribution is -2.31. The van der Waals surface area contributed by atoms with E-state index in [1.165, 1.54) is 39.9 Å². The van der Waals surface area contributed by atoms with Crippen molar-refractivity contribution in [3.8, 4) is 0 Å². The number of benzene rings is 2. The van der Waals surface area contributed by atoms with E-state index in [1.807, 2.05) is 30.3 Å². The molecule has 0 atom stereocenters. The number of sulfonamides is 1. The second-order valence-corrected chi connectivity index (χ2v) is 9.25. The van der Waals surface area contributed by atoms with Crippen LogP contribution in [0.3, 0.4) is 0 Å². The van der Waals surface area contributed by atoms with Gasteiger partial charge in [0, 0.05) is 19.2 Å². The van der Waals surface area contributed by atoms with Gasteiger partial charge in [0.1, 0.15) is 0 Å². The number of nitrogens with one attached hydrogen (secondary N) is 1. The first-order valence-corrected chi connectivity index (χ1v) is 11.4. The first-order chi connectivity index (χ1) is 14.4. The van der Waals surface area contributed by atoms with E-state index in [0.29, 0.717) is 15.3 Å². The molecule has 0 saturated carbocycles. The van der Waals surface area contributed by atoms with Crippen LogP contribution in [0.4, 0.5) is 5.13 Å². The SMILES string of the molecule is C=CCN(CC=C)S(=O)(=O)c1ccc2nc(NC(=O)/C=C/c3ccccc3)sc2c1. The molecule has 0 saturated heterocycles. The zero-order valence-corrected chi connectivity index (χ0v) is 17.8. The van der Waals surface area contributed by atoms with Crippen LogP contribution in [0, 0.1) is 0 Å². The first-order valence-electron chi connectivity index (χ1n) is 9.10. The van der Waals surface area contributed by atoms with E-state index in [1.54, 1.807) is 18.2 Å². The number of anilines is 1. The highest BCUT2D eigenvalue weighted by Crippen LogP contribution is 2.29. The zero-order valence-electron chi connectivity index (χ0n) is 16.2. The Hall–Kier alpha value is -3.07. The van der Waals surface area contributed by atoms with Gasteiger partial charge in [0.2, 0.25) is 15.9 Å². The van der Waals surface area contributed by atoms with E-state index in [0.717, 1.165) is 5.56 Å². The van der Waals surface area contributed by atoms with Crippen LogP contribution >= 0.6 is 11.3 Å². The minimum atomic E-state index is -3.70. The standard InChI is InChI=1S/C22H21N3O3S2/c1-3-14-25(15-4-2)30(27,28)18-11-12-19-20(16-18)29-22(23-19)24-21(26)13-10-17-8-6-5-7-9-17/h3-13,16H,1-2,14-15H2,(H,23,24,26)/b13-10+. The molecule has 0 unspecified atom stereocenters. The zero-order chi connectivity index (χ0) is 21.6. The predicted octanol–water partition coefficient (Wildman–Crippen LogP) is 4.31. The van der Waals surface area contributed by atoms with Crippen molar-refractivity contribution in [3.63, 3.8) is 0 Å². The molecule has 0 fully saturated rings. The highest BCUT2D eigenvalue weighted by molar-refractivity contribution is 7.89. The van der Waals surface area contributed by atoms with Gasteiger partial charge in [-0.2, -0.15) is 4.31 Å². The molecule has 3 rings (SSSR count). The maximum atomic E-state index is 12.9. The number of rotatable bonds is 9. The monoisotopic (exact) mass is 439 g/mol. The minimum Gasteiger partial charge on any atom is -0.298 e. The van der Waals surface area contributed by atoms with Crippen LogP contribution in [0.15, 0.2) is 84.8 Å². The molecule has 3 aromatic rings. The van der Waals surface area contributed by atoms with Gasteiger partial charge in [-0.15, -0.1) is 13.2 Å². The van der Waals surface area contributed by atoms with Crippen molar-refractivity contribution in [3.05, 3.63) is 85.5 Å². The lowest BCUT2D eigenvalue weighted by atomic mass is 10.2. The fourth-order valence-electron chi connectivity index (χ4n) is 2.71. The predicted molar refractivity (Wildman–Crippen MR) is 123 cm³/mol. The van der Waals surface area contributed by atoms with Gasteiger partial charge < -0.3 is 0 Å². The largest absolute Gasteiger partial charge is 0.298 e. The van der Waals surface area contributed by atoms with Gasteiger partial charge in [0.05, 0.1) is 15.1 Å². The van der Waals surface area contributed by atoms with Crippen molar-refractivity contribution in [2.45, 2.75) is 4.90 Å². The smallest absolute Gasteiger partial charge is 0.250 e. The Labute approximate surface area is 179 Å². The van der Waals surface area contributed by atoms with E-state index in [2.05, 4.69) is 23.5 Å². The van der Waals surface area contributed by atoms with E-state index < -0.39 is 10.0 Å². The van der Waals surface area contributed by atoms with Crippen molar-refractivity contribution < 1.29 is 13.2 Å². The molecule has 0 bridgehead atoms. The Morgan fingerprint density at radius 2 is 1.80 bits per heavy atom. The Morgan fingerprint density at radius 1 is 1.10 bits per heavy atom. The number of nitrogens with zero attached hydrogens (tertiary/aromatic N) is 2. The lowest BCUT2D eigenvalue weighted by molar-refractivity contribution is -0.111. The summed E-state index contributed by atoms with van der Waals surface area (Å²) in [5.74, 6) is -0.311. The third-order valence-electron chi connectivity index (χ3n) is 4.12. The van der Waals surface area contributed by atoms with Gasteiger partial charge in [-0.3, -0.25) is 10.1 Å². The number of aromatic nitrogens is 1. The second-order valence-electron chi connectivity index (χ2n) is 6.28. The maximum absolute atomic E-state index is 12.9. The molecule has 0 aliphatic heterocycles. The van der Waals surface area contributed by atoms with Crippen LogP contribution in [-0.2, 0) is 14.8 Å². The molecule has 1 N–H and O–H groups in total. The minimum absolute atomic E-state index is 0.157. The third kappa shape index (κ3) is 5.10. The Bertz CT molecular complexity index is 1190. The normalized spacial score (nSPS) is 11.8. The fourth-order valence-corrected chi connectivity index (χ4v) is 5.10. The quantitative estimate of drug-likeness (QED) is 0.398. The third-order valence-corrected chi connectivity index (χ3v) is 6.88. The van der Waals surface area contributed by atoms with E-state index in [9.17, 15) is 13.2 Å². The number of hydrogen-bond acceptors (Lipinski definition) is 5. The van der Waals surface area contributed by atoms with Crippen molar-refractivity contribution in [2.24, 2.45) is 0 Å². The Balaban J connectivity index is 1.80. The summed E-state index contributed by atoms with van der Waals surface area (Å²) in [6, 6.07) is 14.2. The molecular formula is C22H21N3O3S2. The number of carbonyl (C=O) groups is 1. The van der Waals surface area contributed by atoms with Crippen LogP contribution in [0.25, 0.3) is 16.3 Å². The lowest BCUT2D eigenvalue weighted by Gasteiger charge is -2.18. The molecule has 154 valence electrons. The summed E-state index contributed by atoms with van der Waals surface area (Å²) in [7, 11) is -3.70. The van der Waals surface area contributed by atoms with Gasteiger partial charge in [0.25, 0.3) is 0 Å². The maximum Gasteiger partial charge on any atom is 0.250 e. The van der Waals surface area contributed by atoms with Crippen molar-refractivity contribution >= 4 is 48.7 Å². The summed E-state index contributed by atoms with van der Waals surface area (Å²) in [5.41, 5.74) is 1.52. The summed E-state index contributed by atoms with van der Waals surface area (Å²) in [6.07, 6.45) is 6.20. The molecule has 1 heterocycles. The molecule has 6 nitrogen and oxygen atoms in total. The van der Waals surface area contributed by atoms with Gasteiger partial charge >= 0.3 is 0 Å². The van der Waals surface area contributed by atoms with Gasteiger partial charge in [-0.1, -0.05) is 53.8 Å². The van der Waals surface area contributed by atoms with E-state index in [-0.39, 0.29) is 23.9 Å². The average molecular weight is 440 g/mol. The fraction of sp³-hybridized carbons (Fsp3) is 0.0909. The summed E-state index contributed by atoms with van der Waals surface area (Å²) < 4.78 is 27.7. The Kier molecular flexibility index (Phi) is 6.94. The summed E-state index contributed by atoms with van der Waals surface area (Å²) >= 11 is 1.22. The number of fused-ring (bicyclic) bond motifs is 1.